The summed E-state index contributed by atoms with van der Waals surface area (Å²) in [5, 5.41) is 0. The lowest BCUT2D eigenvalue weighted by Gasteiger charge is -2.00. The number of benzene rings is 2. The minimum absolute atomic E-state index is 0.230. The van der Waals surface area contributed by atoms with Crippen LogP contribution in [0.4, 0.5) is 4.39 Å². The lowest BCUT2D eigenvalue weighted by Crippen LogP contribution is -1.79. The van der Waals surface area contributed by atoms with Crippen LogP contribution in [0.15, 0.2) is 53.3 Å². The Morgan fingerprint density at radius 1 is 0.938 bits per heavy atom. The third-order valence-corrected chi connectivity index (χ3v) is 2.51. The Morgan fingerprint density at radius 3 is 2.50 bits per heavy atom. The Kier molecular flexibility index (Phi) is 1.96. The van der Waals surface area contributed by atoms with Gasteiger partial charge in [0.15, 0.2) is 12.0 Å². The zero-order chi connectivity index (χ0) is 11.0. The van der Waals surface area contributed by atoms with Gasteiger partial charge in [-0.1, -0.05) is 18.2 Å². The molecule has 2 aromatic carbocycles. The van der Waals surface area contributed by atoms with Gasteiger partial charge in [-0.15, -0.1) is 0 Å². The van der Waals surface area contributed by atoms with E-state index in [1.165, 1.54) is 18.5 Å². The largest absolute Gasteiger partial charge is 0.443 e. The predicted octanol–water partition coefficient (Wildman–Crippen LogP) is 3.63. The molecule has 0 radical (unpaired) electrons. The summed E-state index contributed by atoms with van der Waals surface area (Å²) in [7, 11) is 0. The molecule has 0 saturated carbocycles. The maximum absolute atomic E-state index is 12.8. The minimum Gasteiger partial charge on any atom is -0.443 e. The molecule has 2 nitrogen and oxygen atoms in total. The third kappa shape index (κ3) is 1.46. The average Bonchev–Trinajstić information content (AvgIpc) is 2.77. The highest BCUT2D eigenvalue weighted by atomic mass is 19.1. The Labute approximate surface area is 91.3 Å². The topological polar surface area (TPSA) is 26.0 Å². The summed E-state index contributed by atoms with van der Waals surface area (Å²) >= 11 is 0. The number of nitrogens with zero attached hydrogens (tertiary/aromatic N) is 1. The molecule has 3 aromatic rings. The van der Waals surface area contributed by atoms with Crippen LogP contribution in [0.2, 0.25) is 0 Å². The van der Waals surface area contributed by atoms with E-state index in [9.17, 15) is 4.39 Å². The second-order valence-corrected chi connectivity index (χ2v) is 3.54. The van der Waals surface area contributed by atoms with Crippen LogP contribution in [-0.2, 0) is 0 Å². The molecule has 78 valence electrons. The van der Waals surface area contributed by atoms with Gasteiger partial charge in [-0.2, -0.15) is 0 Å². The fourth-order valence-electron chi connectivity index (χ4n) is 1.68. The van der Waals surface area contributed by atoms with Crippen molar-refractivity contribution in [3.05, 3.63) is 54.7 Å². The third-order valence-electron chi connectivity index (χ3n) is 2.51. The molecule has 0 saturated heterocycles. The molecule has 0 amide bonds. The first-order valence-corrected chi connectivity index (χ1v) is 4.92. The summed E-state index contributed by atoms with van der Waals surface area (Å²) in [5.41, 5.74) is 3.53. The molecule has 0 aliphatic rings. The fraction of sp³-hybridized carbons (Fsp3) is 0. The summed E-state index contributed by atoms with van der Waals surface area (Å²) in [6.45, 7) is 0. The van der Waals surface area contributed by atoms with Crippen molar-refractivity contribution < 1.29 is 8.81 Å². The Hall–Kier alpha value is -2.16. The van der Waals surface area contributed by atoms with E-state index in [1.807, 2.05) is 18.2 Å². The molecule has 0 unspecified atom stereocenters. The SMILES string of the molecule is Fc1ccc(-c2ccc3ocnc3c2)cc1. The van der Waals surface area contributed by atoms with Crippen molar-refractivity contribution in [1.82, 2.24) is 4.98 Å². The predicted molar refractivity (Wildman–Crippen MR) is 59.4 cm³/mol. The number of hydrogen-bond donors (Lipinski definition) is 0. The number of rotatable bonds is 1. The smallest absolute Gasteiger partial charge is 0.181 e. The molecule has 0 fully saturated rings. The molecule has 3 heteroatoms. The first-order chi connectivity index (χ1) is 7.83. The van der Waals surface area contributed by atoms with Gasteiger partial charge in [0.05, 0.1) is 0 Å². The number of oxazole rings is 1. The van der Waals surface area contributed by atoms with Crippen molar-refractivity contribution in [3.8, 4) is 11.1 Å². The highest BCUT2D eigenvalue weighted by Crippen LogP contribution is 2.23. The van der Waals surface area contributed by atoms with Crippen molar-refractivity contribution in [1.29, 1.82) is 0 Å². The monoisotopic (exact) mass is 213 g/mol. The van der Waals surface area contributed by atoms with E-state index < -0.39 is 0 Å². The van der Waals surface area contributed by atoms with Gasteiger partial charge < -0.3 is 4.42 Å². The van der Waals surface area contributed by atoms with Crippen molar-refractivity contribution in [2.45, 2.75) is 0 Å². The summed E-state index contributed by atoms with van der Waals surface area (Å²) < 4.78 is 17.9. The van der Waals surface area contributed by atoms with E-state index in [-0.39, 0.29) is 5.82 Å². The van der Waals surface area contributed by atoms with Gasteiger partial charge in [0.1, 0.15) is 11.3 Å². The fourth-order valence-corrected chi connectivity index (χ4v) is 1.68. The summed E-state index contributed by atoms with van der Waals surface area (Å²) in [5.74, 6) is -0.230. The van der Waals surface area contributed by atoms with Crippen LogP contribution in [0.3, 0.4) is 0 Å². The van der Waals surface area contributed by atoms with E-state index in [0.717, 1.165) is 22.2 Å². The van der Waals surface area contributed by atoms with E-state index >= 15 is 0 Å². The molecule has 0 aliphatic carbocycles. The van der Waals surface area contributed by atoms with Crippen molar-refractivity contribution >= 4 is 11.1 Å². The maximum atomic E-state index is 12.8. The van der Waals surface area contributed by atoms with E-state index in [4.69, 9.17) is 4.42 Å². The molecule has 0 N–H and O–H groups in total. The molecular formula is C13H8FNO. The summed E-state index contributed by atoms with van der Waals surface area (Å²) in [6.07, 6.45) is 1.42. The first kappa shape index (κ1) is 9.09. The molecule has 0 spiro atoms. The molecule has 1 heterocycles. The number of aromatic nitrogens is 1. The second-order valence-electron chi connectivity index (χ2n) is 3.54. The molecule has 0 bridgehead atoms. The summed E-state index contributed by atoms with van der Waals surface area (Å²) in [6, 6.07) is 12.1. The Balaban J connectivity index is 2.14. The van der Waals surface area contributed by atoms with Gasteiger partial charge in [-0.3, -0.25) is 0 Å². The quantitative estimate of drug-likeness (QED) is 0.616. The standard InChI is InChI=1S/C13H8FNO/c14-11-4-1-9(2-5-11)10-3-6-13-12(7-10)15-8-16-13/h1-8H. The Bertz CT molecular complexity index is 628. The highest BCUT2D eigenvalue weighted by molar-refractivity contribution is 5.79. The zero-order valence-corrected chi connectivity index (χ0v) is 8.35. The van der Waals surface area contributed by atoms with E-state index in [2.05, 4.69) is 4.98 Å². The maximum Gasteiger partial charge on any atom is 0.181 e. The van der Waals surface area contributed by atoms with Crippen LogP contribution in [0.25, 0.3) is 22.2 Å². The van der Waals surface area contributed by atoms with Gasteiger partial charge in [0.25, 0.3) is 0 Å². The molecule has 0 aliphatic heterocycles. The molecular weight excluding hydrogens is 205 g/mol. The Morgan fingerprint density at radius 2 is 1.69 bits per heavy atom. The van der Waals surface area contributed by atoms with Crippen molar-refractivity contribution in [2.75, 3.05) is 0 Å². The van der Waals surface area contributed by atoms with Gasteiger partial charge in [-0.05, 0) is 35.4 Å². The molecule has 16 heavy (non-hydrogen) atoms. The summed E-state index contributed by atoms with van der Waals surface area (Å²) in [4.78, 5) is 4.08. The van der Waals surface area contributed by atoms with Crippen LogP contribution in [-0.4, -0.2) is 4.98 Å². The number of fused-ring (bicyclic) bond motifs is 1. The van der Waals surface area contributed by atoms with E-state index in [1.54, 1.807) is 12.1 Å². The highest BCUT2D eigenvalue weighted by Gasteiger charge is 2.02. The van der Waals surface area contributed by atoms with E-state index in [0.29, 0.717) is 0 Å². The van der Waals surface area contributed by atoms with Gasteiger partial charge in [0, 0.05) is 0 Å². The molecule has 3 rings (SSSR count). The van der Waals surface area contributed by atoms with Crippen LogP contribution in [0, 0.1) is 5.82 Å². The van der Waals surface area contributed by atoms with Crippen molar-refractivity contribution in [2.24, 2.45) is 0 Å². The molecule has 0 atom stereocenters. The average molecular weight is 213 g/mol. The van der Waals surface area contributed by atoms with Crippen LogP contribution in [0.1, 0.15) is 0 Å². The first-order valence-electron chi connectivity index (χ1n) is 4.92. The van der Waals surface area contributed by atoms with Gasteiger partial charge in [0.2, 0.25) is 0 Å². The van der Waals surface area contributed by atoms with Crippen molar-refractivity contribution in [3.63, 3.8) is 0 Å². The van der Waals surface area contributed by atoms with Crippen LogP contribution < -0.4 is 0 Å². The normalized spacial score (nSPS) is 10.8. The lowest BCUT2D eigenvalue weighted by molar-refractivity contribution is 0.602. The number of hydrogen-bond acceptors (Lipinski definition) is 2. The second kappa shape index (κ2) is 3.45. The zero-order valence-electron chi connectivity index (χ0n) is 8.35. The lowest BCUT2D eigenvalue weighted by atomic mass is 10.1. The van der Waals surface area contributed by atoms with Crippen LogP contribution >= 0.6 is 0 Å². The molecule has 1 aromatic heterocycles. The van der Waals surface area contributed by atoms with Gasteiger partial charge >= 0.3 is 0 Å². The van der Waals surface area contributed by atoms with Crippen LogP contribution in [0.5, 0.6) is 0 Å². The number of halogens is 1. The van der Waals surface area contributed by atoms with Gasteiger partial charge in [-0.25, -0.2) is 9.37 Å². The minimum atomic E-state index is -0.230.